The molecule has 4 aromatic rings. The Morgan fingerprint density at radius 2 is 1.87 bits per heavy atom. The number of aryl methyl sites for hydroxylation is 3. The molecule has 38 heavy (non-hydrogen) atoms. The summed E-state index contributed by atoms with van der Waals surface area (Å²) in [4.78, 5) is 32.9. The van der Waals surface area contributed by atoms with Crippen LogP contribution < -0.4 is 24.9 Å². The molecule has 1 N–H and O–H groups in total. The fourth-order valence-corrected chi connectivity index (χ4v) is 5.63. The lowest BCUT2D eigenvalue weighted by Crippen LogP contribution is -2.40. The number of nitrogens with zero attached hydrogens (tertiary/aromatic N) is 4. The maximum absolute atomic E-state index is 13.9. The number of thiazole rings is 1. The number of allylic oxidation sites excluding steroid dienone is 1. The van der Waals surface area contributed by atoms with E-state index >= 15 is 0 Å². The number of carbonyl (C=O) groups is 1. The number of aromatic nitrogens is 3. The number of fused-ring (bicyclic) bond motifs is 1. The predicted octanol–water partition coefficient (Wildman–Crippen LogP) is 3.72. The Morgan fingerprint density at radius 1 is 1.13 bits per heavy atom. The Kier molecular flexibility index (Phi) is 6.86. The summed E-state index contributed by atoms with van der Waals surface area (Å²) >= 11 is 1.31. The van der Waals surface area contributed by atoms with Gasteiger partial charge in [-0.05, 0) is 63.1 Å². The summed E-state index contributed by atoms with van der Waals surface area (Å²) < 4.78 is 9.34. The van der Waals surface area contributed by atoms with Gasteiger partial charge in [-0.15, -0.1) is 0 Å². The number of rotatable bonds is 6. The van der Waals surface area contributed by atoms with Crippen molar-refractivity contribution in [2.45, 2.75) is 40.3 Å². The fraction of sp³-hybridized carbons (Fsp3) is 0.241. The summed E-state index contributed by atoms with van der Waals surface area (Å²) in [6.45, 7) is 8.44. The molecule has 2 aromatic carbocycles. The first kappa shape index (κ1) is 25.4. The maximum Gasteiger partial charge on any atom is 0.271 e. The molecule has 1 atom stereocenters. The minimum absolute atomic E-state index is 0.202. The van der Waals surface area contributed by atoms with Crippen LogP contribution in [0.3, 0.4) is 0 Å². The number of para-hydroxylation sites is 1. The quantitative estimate of drug-likeness (QED) is 0.414. The Bertz CT molecular complexity index is 1740. The molecule has 5 rings (SSSR count). The van der Waals surface area contributed by atoms with E-state index in [9.17, 15) is 9.59 Å². The average Bonchev–Trinajstić information content (AvgIpc) is 3.42. The lowest BCUT2D eigenvalue weighted by molar-refractivity contribution is -0.113. The molecule has 0 bridgehead atoms. The zero-order valence-electron chi connectivity index (χ0n) is 22.0. The molecule has 0 fully saturated rings. The molecule has 1 aliphatic rings. The van der Waals surface area contributed by atoms with Crippen LogP contribution in [0.4, 0.5) is 5.69 Å². The highest BCUT2D eigenvalue weighted by atomic mass is 32.1. The molecule has 0 spiro atoms. The van der Waals surface area contributed by atoms with Crippen LogP contribution in [0.1, 0.15) is 42.3 Å². The van der Waals surface area contributed by atoms with Gasteiger partial charge in [-0.2, -0.15) is 5.10 Å². The standard InChI is InChI=1S/C29H29N5O3S/c1-6-33-16-21(18(3)32-33)15-24-28(36)34-26(20-11-13-22(37-5)14-12-20)25(19(4)30-29(34)38-24)27(35)31-23-10-8-7-9-17(23)2/h7-16,26H,6H2,1-5H3,(H,31,35)/t26-/m1/s1. The van der Waals surface area contributed by atoms with Gasteiger partial charge in [0.15, 0.2) is 4.80 Å². The molecular weight excluding hydrogens is 498 g/mol. The summed E-state index contributed by atoms with van der Waals surface area (Å²) in [5.41, 5.74) is 4.97. The molecule has 3 heterocycles. The summed E-state index contributed by atoms with van der Waals surface area (Å²) in [5.74, 6) is 0.395. The minimum atomic E-state index is -0.650. The SMILES string of the molecule is CCn1cc(C=c2sc3n(c2=O)[C@H](c2ccc(OC)cc2)C(C(=O)Nc2ccccc2C)=C(C)N=3)c(C)n1. The van der Waals surface area contributed by atoms with Crippen molar-refractivity contribution in [1.29, 1.82) is 0 Å². The third-order valence-corrected chi connectivity index (χ3v) is 7.67. The summed E-state index contributed by atoms with van der Waals surface area (Å²) in [7, 11) is 1.60. The van der Waals surface area contributed by atoms with Crippen LogP contribution in [0.5, 0.6) is 5.75 Å². The van der Waals surface area contributed by atoms with Crippen LogP contribution in [0.25, 0.3) is 6.08 Å². The van der Waals surface area contributed by atoms with E-state index in [1.165, 1.54) is 11.3 Å². The first-order valence-corrected chi connectivity index (χ1v) is 13.2. The highest BCUT2D eigenvalue weighted by molar-refractivity contribution is 7.07. The van der Waals surface area contributed by atoms with Gasteiger partial charge in [0.05, 0.1) is 34.6 Å². The van der Waals surface area contributed by atoms with Crippen molar-refractivity contribution in [3.8, 4) is 5.75 Å². The van der Waals surface area contributed by atoms with Crippen LogP contribution in [0.15, 0.2) is 75.8 Å². The van der Waals surface area contributed by atoms with E-state index in [4.69, 9.17) is 9.73 Å². The van der Waals surface area contributed by atoms with E-state index in [0.29, 0.717) is 32.0 Å². The van der Waals surface area contributed by atoms with Crippen molar-refractivity contribution in [1.82, 2.24) is 14.3 Å². The molecule has 2 aromatic heterocycles. The normalized spacial score (nSPS) is 15.3. The van der Waals surface area contributed by atoms with E-state index in [1.54, 1.807) is 11.7 Å². The molecule has 0 unspecified atom stereocenters. The van der Waals surface area contributed by atoms with Gasteiger partial charge in [0.1, 0.15) is 5.75 Å². The summed E-state index contributed by atoms with van der Waals surface area (Å²) in [6.07, 6.45) is 3.79. The van der Waals surface area contributed by atoms with Gasteiger partial charge in [-0.1, -0.05) is 41.7 Å². The van der Waals surface area contributed by atoms with Gasteiger partial charge >= 0.3 is 0 Å². The number of anilines is 1. The van der Waals surface area contributed by atoms with Crippen LogP contribution >= 0.6 is 11.3 Å². The second kappa shape index (κ2) is 10.3. The zero-order chi connectivity index (χ0) is 27.0. The van der Waals surface area contributed by atoms with Crippen molar-refractivity contribution in [2.24, 2.45) is 4.99 Å². The number of benzene rings is 2. The molecule has 0 saturated carbocycles. The van der Waals surface area contributed by atoms with E-state index in [1.807, 2.05) is 93.2 Å². The lowest BCUT2D eigenvalue weighted by atomic mass is 9.95. The van der Waals surface area contributed by atoms with Gasteiger partial charge in [-0.3, -0.25) is 18.8 Å². The zero-order valence-corrected chi connectivity index (χ0v) is 22.8. The second-order valence-corrected chi connectivity index (χ2v) is 10.2. The molecule has 0 aliphatic carbocycles. The van der Waals surface area contributed by atoms with E-state index in [-0.39, 0.29) is 11.5 Å². The first-order valence-electron chi connectivity index (χ1n) is 12.4. The highest BCUT2D eigenvalue weighted by Crippen LogP contribution is 2.32. The molecule has 1 amide bonds. The maximum atomic E-state index is 13.9. The van der Waals surface area contributed by atoms with Crippen LogP contribution in [0.2, 0.25) is 0 Å². The van der Waals surface area contributed by atoms with Crippen LogP contribution in [0, 0.1) is 13.8 Å². The number of hydrogen-bond acceptors (Lipinski definition) is 6. The molecule has 9 heteroatoms. The number of amides is 1. The van der Waals surface area contributed by atoms with Gasteiger partial charge in [0.25, 0.3) is 11.5 Å². The third-order valence-electron chi connectivity index (χ3n) is 6.69. The van der Waals surface area contributed by atoms with Gasteiger partial charge in [0.2, 0.25) is 0 Å². The van der Waals surface area contributed by atoms with Crippen molar-refractivity contribution in [3.63, 3.8) is 0 Å². The lowest BCUT2D eigenvalue weighted by Gasteiger charge is -2.25. The molecular formula is C29H29N5O3S. The monoisotopic (exact) mass is 527 g/mol. The fourth-order valence-electron chi connectivity index (χ4n) is 4.59. The Balaban J connectivity index is 1.67. The topological polar surface area (TPSA) is 90.5 Å². The smallest absolute Gasteiger partial charge is 0.271 e. The number of carbonyl (C=O) groups excluding carboxylic acids is 1. The molecule has 0 saturated heterocycles. The number of methoxy groups -OCH3 is 1. The van der Waals surface area contributed by atoms with Gasteiger partial charge in [0, 0.05) is 24.0 Å². The Hall–Kier alpha value is -4.24. The molecule has 194 valence electrons. The van der Waals surface area contributed by atoms with Crippen molar-refractivity contribution in [2.75, 3.05) is 12.4 Å². The van der Waals surface area contributed by atoms with Crippen molar-refractivity contribution >= 4 is 29.0 Å². The van der Waals surface area contributed by atoms with Crippen LogP contribution in [-0.4, -0.2) is 27.4 Å². The molecule has 0 radical (unpaired) electrons. The summed E-state index contributed by atoms with van der Waals surface area (Å²) in [5, 5.41) is 7.53. The largest absolute Gasteiger partial charge is 0.497 e. The molecule has 1 aliphatic heterocycles. The number of nitrogens with one attached hydrogen (secondary N) is 1. The number of ether oxygens (including phenoxy) is 1. The summed E-state index contributed by atoms with van der Waals surface area (Å²) in [6, 6.07) is 14.4. The van der Waals surface area contributed by atoms with Gasteiger partial charge < -0.3 is 10.1 Å². The number of hydrogen-bond donors (Lipinski definition) is 1. The Labute approximate surface area is 224 Å². The van der Waals surface area contributed by atoms with Crippen molar-refractivity contribution < 1.29 is 9.53 Å². The predicted molar refractivity (Wildman–Crippen MR) is 149 cm³/mol. The van der Waals surface area contributed by atoms with E-state index in [2.05, 4.69) is 10.4 Å². The van der Waals surface area contributed by atoms with E-state index in [0.717, 1.165) is 28.9 Å². The van der Waals surface area contributed by atoms with Crippen molar-refractivity contribution in [3.05, 3.63) is 108 Å². The van der Waals surface area contributed by atoms with Gasteiger partial charge in [-0.25, -0.2) is 4.99 Å². The average molecular weight is 528 g/mol. The molecule has 8 nitrogen and oxygen atoms in total. The van der Waals surface area contributed by atoms with Crippen LogP contribution in [-0.2, 0) is 11.3 Å². The highest BCUT2D eigenvalue weighted by Gasteiger charge is 2.32. The first-order chi connectivity index (χ1) is 18.3. The second-order valence-electron chi connectivity index (χ2n) is 9.15. The third kappa shape index (κ3) is 4.61. The van der Waals surface area contributed by atoms with E-state index < -0.39 is 6.04 Å². The minimum Gasteiger partial charge on any atom is -0.497 e. The Morgan fingerprint density at radius 3 is 2.53 bits per heavy atom.